The van der Waals surface area contributed by atoms with Crippen LogP contribution in [0.5, 0.6) is 0 Å². The fraction of sp³-hybridized carbons (Fsp3) is 0.517. The van der Waals surface area contributed by atoms with Gasteiger partial charge in [-0.3, -0.25) is 9.59 Å². The Balaban J connectivity index is 1.33. The average Bonchev–Trinajstić information content (AvgIpc) is 3.38. The summed E-state index contributed by atoms with van der Waals surface area (Å²) in [5, 5.41) is 3.11. The summed E-state index contributed by atoms with van der Waals surface area (Å²) < 4.78 is 0. The predicted octanol–water partition coefficient (Wildman–Crippen LogP) is 5.17. The van der Waals surface area contributed by atoms with Gasteiger partial charge in [0.2, 0.25) is 11.8 Å². The molecule has 1 aliphatic heterocycles. The van der Waals surface area contributed by atoms with E-state index in [0.29, 0.717) is 24.7 Å². The number of carbonyl (C=O) groups is 2. The molecule has 33 heavy (non-hydrogen) atoms. The van der Waals surface area contributed by atoms with Crippen LogP contribution in [0.1, 0.15) is 62.5 Å². The SMILES string of the molecule is O=C(CCC1CCCC1)NC(Cc1ccccc1)C(=O)N1CCC(Cc2ccccc2)CC1. The van der Waals surface area contributed by atoms with Gasteiger partial charge in [0.05, 0.1) is 0 Å². The van der Waals surface area contributed by atoms with Crippen LogP contribution in [0.25, 0.3) is 0 Å². The third-order valence-electron chi connectivity index (χ3n) is 7.46. The Labute approximate surface area is 198 Å². The van der Waals surface area contributed by atoms with Crippen molar-refractivity contribution in [2.75, 3.05) is 13.1 Å². The molecular weight excluding hydrogens is 408 g/mol. The number of amides is 2. The van der Waals surface area contributed by atoms with Crippen molar-refractivity contribution in [2.45, 2.75) is 70.3 Å². The Morgan fingerprint density at radius 2 is 1.42 bits per heavy atom. The number of nitrogens with one attached hydrogen (secondary N) is 1. The van der Waals surface area contributed by atoms with Crippen molar-refractivity contribution >= 4 is 11.8 Å². The Bertz CT molecular complexity index is 869. The predicted molar refractivity (Wildman–Crippen MR) is 133 cm³/mol. The molecule has 0 bridgehead atoms. The fourth-order valence-electron chi connectivity index (χ4n) is 5.48. The van der Waals surface area contributed by atoms with E-state index in [9.17, 15) is 9.59 Å². The van der Waals surface area contributed by atoms with E-state index in [0.717, 1.165) is 44.3 Å². The first kappa shape index (κ1) is 23.5. The van der Waals surface area contributed by atoms with Crippen molar-refractivity contribution in [1.82, 2.24) is 10.2 Å². The second kappa shape index (κ2) is 12.0. The number of hydrogen-bond acceptors (Lipinski definition) is 2. The lowest BCUT2D eigenvalue weighted by molar-refractivity contribution is -0.137. The zero-order valence-electron chi connectivity index (χ0n) is 19.8. The molecule has 1 N–H and O–H groups in total. The Hall–Kier alpha value is -2.62. The highest BCUT2D eigenvalue weighted by molar-refractivity contribution is 5.88. The minimum absolute atomic E-state index is 0.0233. The molecule has 2 amide bonds. The van der Waals surface area contributed by atoms with Crippen molar-refractivity contribution in [2.24, 2.45) is 11.8 Å². The second-order valence-corrected chi connectivity index (χ2v) is 9.96. The van der Waals surface area contributed by atoms with Gasteiger partial charge in [0.25, 0.3) is 0 Å². The second-order valence-electron chi connectivity index (χ2n) is 9.96. The highest BCUT2D eigenvalue weighted by Gasteiger charge is 2.30. The number of rotatable bonds is 9. The Morgan fingerprint density at radius 1 is 0.818 bits per heavy atom. The molecule has 4 heteroatoms. The molecule has 2 fully saturated rings. The van der Waals surface area contributed by atoms with Crippen LogP contribution in [0.2, 0.25) is 0 Å². The summed E-state index contributed by atoms with van der Waals surface area (Å²) in [7, 11) is 0. The Morgan fingerprint density at radius 3 is 2.06 bits per heavy atom. The molecule has 1 saturated heterocycles. The minimum atomic E-state index is -0.478. The highest BCUT2D eigenvalue weighted by Crippen LogP contribution is 2.28. The zero-order chi connectivity index (χ0) is 22.9. The van der Waals surface area contributed by atoms with Crippen LogP contribution in [0.3, 0.4) is 0 Å². The molecule has 1 unspecified atom stereocenters. The third-order valence-corrected chi connectivity index (χ3v) is 7.46. The molecule has 2 aromatic carbocycles. The first-order valence-electron chi connectivity index (χ1n) is 12.8. The summed E-state index contributed by atoms with van der Waals surface area (Å²) in [5.41, 5.74) is 2.46. The van der Waals surface area contributed by atoms with Gasteiger partial charge >= 0.3 is 0 Å². The number of benzene rings is 2. The van der Waals surface area contributed by atoms with E-state index in [-0.39, 0.29) is 11.8 Å². The first-order valence-corrected chi connectivity index (χ1v) is 12.8. The molecule has 1 atom stereocenters. The molecule has 1 aliphatic carbocycles. The van der Waals surface area contributed by atoms with E-state index >= 15 is 0 Å². The van der Waals surface area contributed by atoms with Gasteiger partial charge < -0.3 is 10.2 Å². The molecule has 2 aromatic rings. The summed E-state index contributed by atoms with van der Waals surface area (Å²) in [6.45, 7) is 1.55. The van der Waals surface area contributed by atoms with Crippen LogP contribution in [0.4, 0.5) is 0 Å². The van der Waals surface area contributed by atoms with Crippen LogP contribution in [0.15, 0.2) is 60.7 Å². The molecular formula is C29H38N2O2. The number of piperidine rings is 1. The molecule has 0 aromatic heterocycles. The highest BCUT2D eigenvalue weighted by atomic mass is 16.2. The van der Waals surface area contributed by atoms with Crippen molar-refractivity contribution in [3.05, 3.63) is 71.8 Å². The summed E-state index contributed by atoms with van der Waals surface area (Å²) in [5.74, 6) is 1.40. The molecule has 1 saturated carbocycles. The van der Waals surface area contributed by atoms with Gasteiger partial charge in [-0.15, -0.1) is 0 Å². The smallest absolute Gasteiger partial charge is 0.245 e. The maximum absolute atomic E-state index is 13.5. The topological polar surface area (TPSA) is 49.4 Å². The maximum Gasteiger partial charge on any atom is 0.245 e. The van der Waals surface area contributed by atoms with Crippen LogP contribution in [-0.4, -0.2) is 35.8 Å². The molecule has 176 valence electrons. The summed E-state index contributed by atoms with van der Waals surface area (Å²) in [6, 6.07) is 20.2. The monoisotopic (exact) mass is 446 g/mol. The van der Waals surface area contributed by atoms with Gasteiger partial charge in [-0.25, -0.2) is 0 Å². The van der Waals surface area contributed by atoms with Crippen molar-refractivity contribution in [3.8, 4) is 0 Å². The number of likely N-dealkylation sites (tertiary alicyclic amines) is 1. The summed E-state index contributed by atoms with van der Waals surface area (Å²) >= 11 is 0. The molecule has 0 radical (unpaired) electrons. The standard InChI is InChI=1S/C29H38N2O2/c32-28(16-15-23-9-7-8-10-23)30-27(22-25-13-5-2-6-14-25)29(33)31-19-17-26(18-20-31)21-24-11-3-1-4-12-24/h1-6,11-14,23,26-27H,7-10,15-22H2,(H,30,32). The molecule has 4 rings (SSSR count). The lowest BCUT2D eigenvalue weighted by Gasteiger charge is -2.34. The Kier molecular flexibility index (Phi) is 8.57. The van der Waals surface area contributed by atoms with Gasteiger partial charge in [0.1, 0.15) is 6.04 Å². The summed E-state index contributed by atoms with van der Waals surface area (Å²) in [6.07, 6.45) is 10.2. The molecule has 0 spiro atoms. The van der Waals surface area contributed by atoms with Crippen LogP contribution < -0.4 is 5.32 Å². The van der Waals surface area contributed by atoms with Gasteiger partial charge in [-0.2, -0.15) is 0 Å². The minimum Gasteiger partial charge on any atom is -0.344 e. The van der Waals surface area contributed by atoms with Crippen molar-refractivity contribution in [3.63, 3.8) is 0 Å². The van der Waals surface area contributed by atoms with Gasteiger partial charge in [-0.05, 0) is 48.6 Å². The van der Waals surface area contributed by atoms with E-state index in [2.05, 4.69) is 35.6 Å². The lowest BCUT2D eigenvalue weighted by Crippen LogP contribution is -2.51. The van der Waals surface area contributed by atoms with Crippen molar-refractivity contribution < 1.29 is 9.59 Å². The first-order chi connectivity index (χ1) is 16.2. The average molecular weight is 447 g/mol. The molecule has 1 heterocycles. The van der Waals surface area contributed by atoms with Crippen LogP contribution in [0, 0.1) is 11.8 Å². The normalized spacial score (nSPS) is 18.2. The van der Waals surface area contributed by atoms with E-state index in [1.165, 1.54) is 31.2 Å². The van der Waals surface area contributed by atoms with Gasteiger partial charge in [-0.1, -0.05) is 86.3 Å². The van der Waals surface area contributed by atoms with E-state index in [4.69, 9.17) is 0 Å². The quantitative estimate of drug-likeness (QED) is 0.578. The van der Waals surface area contributed by atoms with Gasteiger partial charge in [0, 0.05) is 25.9 Å². The van der Waals surface area contributed by atoms with E-state index in [1.807, 2.05) is 35.2 Å². The number of hydrogen-bond donors (Lipinski definition) is 1. The fourth-order valence-corrected chi connectivity index (χ4v) is 5.48. The van der Waals surface area contributed by atoms with Crippen LogP contribution in [-0.2, 0) is 22.4 Å². The zero-order valence-corrected chi connectivity index (χ0v) is 19.8. The number of carbonyl (C=O) groups excluding carboxylic acids is 2. The van der Waals surface area contributed by atoms with Crippen molar-refractivity contribution in [1.29, 1.82) is 0 Å². The maximum atomic E-state index is 13.5. The van der Waals surface area contributed by atoms with Gasteiger partial charge in [0.15, 0.2) is 0 Å². The summed E-state index contributed by atoms with van der Waals surface area (Å²) in [4.78, 5) is 28.2. The van der Waals surface area contributed by atoms with Crippen LogP contribution >= 0.6 is 0 Å². The largest absolute Gasteiger partial charge is 0.344 e. The molecule has 4 nitrogen and oxygen atoms in total. The van der Waals surface area contributed by atoms with E-state index in [1.54, 1.807) is 0 Å². The molecule has 2 aliphatic rings. The lowest BCUT2D eigenvalue weighted by atomic mass is 9.89. The number of nitrogens with zero attached hydrogens (tertiary/aromatic N) is 1. The van der Waals surface area contributed by atoms with E-state index < -0.39 is 6.04 Å². The third kappa shape index (κ3) is 7.18.